The number of rotatable bonds is 4. The first kappa shape index (κ1) is 19.7. The second kappa shape index (κ2) is 7.32. The molecule has 1 unspecified atom stereocenters. The summed E-state index contributed by atoms with van der Waals surface area (Å²) in [6.45, 7) is 1.65. The van der Waals surface area contributed by atoms with E-state index in [1.165, 1.54) is 11.1 Å². The zero-order valence-electron chi connectivity index (χ0n) is 15.7. The van der Waals surface area contributed by atoms with Crippen LogP contribution >= 0.6 is 0 Å². The number of phenolic OH excluding ortho intramolecular Hbond substituents is 1. The van der Waals surface area contributed by atoms with Gasteiger partial charge in [0.05, 0.1) is 17.1 Å². The van der Waals surface area contributed by atoms with Gasteiger partial charge in [0.1, 0.15) is 10.6 Å². The predicted octanol–water partition coefficient (Wildman–Crippen LogP) is 3.67. The fourth-order valence-electron chi connectivity index (χ4n) is 3.23. The van der Waals surface area contributed by atoms with Gasteiger partial charge in [0.2, 0.25) is 0 Å². The molecule has 9 nitrogen and oxygen atoms in total. The Hall–Kier alpha value is -3.63. The van der Waals surface area contributed by atoms with Crippen molar-refractivity contribution in [2.75, 3.05) is 5.01 Å². The molecule has 0 aromatic heterocycles. The molecule has 152 valence electrons. The molecule has 0 bridgehead atoms. The normalized spacial score (nSPS) is 17.1. The molecule has 1 atom stereocenters. The van der Waals surface area contributed by atoms with E-state index in [1.54, 1.807) is 49.4 Å². The highest BCUT2D eigenvalue weighted by molar-refractivity contribution is 7.86. The molecule has 1 amide bonds. The molecule has 3 aromatic carbocycles. The third-order valence-corrected chi connectivity index (χ3v) is 5.53. The topological polar surface area (TPSA) is 132 Å². The molecular weight excluding hydrogens is 408 g/mol. The molecule has 1 aliphatic heterocycles. The van der Waals surface area contributed by atoms with Gasteiger partial charge in [0, 0.05) is 16.8 Å². The lowest BCUT2D eigenvalue weighted by Gasteiger charge is -2.12. The standard InChI is InChI=1S/C20H16N4O5S/c1-12-18(20(26)24(23-12)13-7-3-2-4-8-13)22-21-16-11-17(25)19(30(27,28)29)15-10-6-5-9-14(15)16/h2-11,18,25H,1H3,(H,27,28,29). The van der Waals surface area contributed by atoms with E-state index in [0.29, 0.717) is 16.8 Å². The van der Waals surface area contributed by atoms with Gasteiger partial charge in [-0.15, -0.1) is 0 Å². The summed E-state index contributed by atoms with van der Waals surface area (Å²) in [6, 6.07) is 15.2. The van der Waals surface area contributed by atoms with E-state index in [-0.39, 0.29) is 17.0 Å². The van der Waals surface area contributed by atoms with Crippen LogP contribution in [0.25, 0.3) is 10.8 Å². The fourth-order valence-corrected chi connectivity index (χ4v) is 4.01. The average Bonchev–Trinajstić information content (AvgIpc) is 2.99. The highest BCUT2D eigenvalue weighted by Crippen LogP contribution is 2.38. The molecule has 30 heavy (non-hydrogen) atoms. The van der Waals surface area contributed by atoms with Crippen molar-refractivity contribution in [2.24, 2.45) is 15.3 Å². The number of hydrazone groups is 1. The van der Waals surface area contributed by atoms with Crippen LogP contribution in [-0.2, 0) is 14.9 Å². The van der Waals surface area contributed by atoms with Gasteiger partial charge < -0.3 is 5.11 Å². The lowest BCUT2D eigenvalue weighted by molar-refractivity contribution is -0.117. The van der Waals surface area contributed by atoms with E-state index in [1.807, 2.05) is 6.07 Å². The molecule has 0 spiro atoms. The van der Waals surface area contributed by atoms with E-state index in [2.05, 4.69) is 15.3 Å². The lowest BCUT2D eigenvalue weighted by Crippen LogP contribution is -2.29. The number of fused-ring (bicyclic) bond motifs is 1. The number of nitrogens with zero attached hydrogens (tertiary/aromatic N) is 4. The molecule has 0 fully saturated rings. The number of azo groups is 1. The van der Waals surface area contributed by atoms with E-state index in [0.717, 1.165) is 6.07 Å². The fraction of sp³-hybridized carbons (Fsp3) is 0.100. The monoisotopic (exact) mass is 424 g/mol. The van der Waals surface area contributed by atoms with E-state index >= 15 is 0 Å². The second-order valence-corrected chi connectivity index (χ2v) is 7.97. The van der Waals surface area contributed by atoms with Crippen LogP contribution in [0.4, 0.5) is 11.4 Å². The van der Waals surface area contributed by atoms with Crippen molar-refractivity contribution in [1.29, 1.82) is 0 Å². The first-order valence-corrected chi connectivity index (χ1v) is 10.3. The number of carbonyl (C=O) groups excluding carboxylic acids is 1. The number of para-hydroxylation sites is 1. The Kier molecular flexibility index (Phi) is 4.80. The van der Waals surface area contributed by atoms with Crippen LogP contribution in [-0.4, -0.2) is 35.7 Å². The third kappa shape index (κ3) is 3.42. The maximum Gasteiger partial charge on any atom is 0.298 e. The van der Waals surface area contributed by atoms with Crippen molar-refractivity contribution in [1.82, 2.24) is 0 Å². The third-order valence-electron chi connectivity index (χ3n) is 4.59. The van der Waals surface area contributed by atoms with Crippen LogP contribution in [0, 0.1) is 0 Å². The number of hydrogen-bond acceptors (Lipinski definition) is 7. The van der Waals surface area contributed by atoms with Gasteiger partial charge in [-0.2, -0.15) is 28.8 Å². The van der Waals surface area contributed by atoms with Crippen LogP contribution < -0.4 is 5.01 Å². The Morgan fingerprint density at radius 1 is 1.03 bits per heavy atom. The molecule has 0 saturated heterocycles. The quantitative estimate of drug-likeness (QED) is 0.487. The van der Waals surface area contributed by atoms with Crippen molar-refractivity contribution in [3.05, 3.63) is 60.7 Å². The number of aromatic hydroxyl groups is 1. The Morgan fingerprint density at radius 3 is 2.33 bits per heavy atom. The Morgan fingerprint density at radius 2 is 1.67 bits per heavy atom. The number of amides is 1. The highest BCUT2D eigenvalue weighted by Gasteiger charge is 2.34. The second-order valence-electron chi connectivity index (χ2n) is 6.61. The first-order valence-electron chi connectivity index (χ1n) is 8.84. The minimum absolute atomic E-state index is 0.0861. The van der Waals surface area contributed by atoms with Crippen molar-refractivity contribution >= 4 is 43.9 Å². The van der Waals surface area contributed by atoms with Crippen LogP contribution in [0.2, 0.25) is 0 Å². The number of anilines is 1. The molecular formula is C20H16N4O5S. The average molecular weight is 424 g/mol. The van der Waals surface area contributed by atoms with Gasteiger partial charge in [-0.3, -0.25) is 9.35 Å². The van der Waals surface area contributed by atoms with Crippen LogP contribution in [0.3, 0.4) is 0 Å². The maximum absolute atomic E-state index is 12.7. The van der Waals surface area contributed by atoms with Crippen LogP contribution in [0.5, 0.6) is 5.75 Å². The van der Waals surface area contributed by atoms with Gasteiger partial charge in [0.25, 0.3) is 16.0 Å². The predicted molar refractivity (Wildman–Crippen MR) is 111 cm³/mol. The molecule has 0 aliphatic carbocycles. The van der Waals surface area contributed by atoms with E-state index < -0.39 is 26.8 Å². The van der Waals surface area contributed by atoms with Crippen LogP contribution in [0.15, 0.2) is 80.9 Å². The zero-order chi connectivity index (χ0) is 21.5. The summed E-state index contributed by atoms with van der Waals surface area (Å²) < 4.78 is 32.8. The molecule has 2 N–H and O–H groups in total. The SMILES string of the molecule is CC1=NN(c2ccccc2)C(=O)C1N=Nc1cc(O)c(S(=O)(=O)O)c2ccccc12. The molecule has 0 saturated carbocycles. The van der Waals surface area contributed by atoms with Crippen molar-refractivity contribution in [3.8, 4) is 5.75 Å². The minimum atomic E-state index is -4.67. The Bertz CT molecular complexity index is 1320. The van der Waals surface area contributed by atoms with E-state index in [9.17, 15) is 22.9 Å². The number of carbonyl (C=O) groups is 1. The van der Waals surface area contributed by atoms with Crippen molar-refractivity contribution < 1.29 is 22.9 Å². The minimum Gasteiger partial charge on any atom is -0.506 e. The molecule has 10 heteroatoms. The molecule has 1 aliphatic rings. The van der Waals surface area contributed by atoms with Gasteiger partial charge >= 0.3 is 0 Å². The molecule has 1 heterocycles. The number of hydrogen-bond donors (Lipinski definition) is 2. The maximum atomic E-state index is 12.7. The van der Waals surface area contributed by atoms with E-state index in [4.69, 9.17) is 0 Å². The first-order chi connectivity index (χ1) is 14.3. The molecule has 4 rings (SSSR count). The lowest BCUT2D eigenvalue weighted by atomic mass is 10.1. The largest absolute Gasteiger partial charge is 0.506 e. The molecule has 0 radical (unpaired) electrons. The van der Waals surface area contributed by atoms with Crippen LogP contribution in [0.1, 0.15) is 6.92 Å². The zero-order valence-corrected chi connectivity index (χ0v) is 16.5. The van der Waals surface area contributed by atoms with Gasteiger partial charge in [0.15, 0.2) is 6.04 Å². The summed E-state index contributed by atoms with van der Waals surface area (Å²) in [6.07, 6.45) is 0. The van der Waals surface area contributed by atoms with Crippen molar-refractivity contribution in [3.63, 3.8) is 0 Å². The van der Waals surface area contributed by atoms with Gasteiger partial charge in [-0.25, -0.2) is 0 Å². The summed E-state index contributed by atoms with van der Waals surface area (Å²) in [5.41, 5.74) is 1.19. The smallest absolute Gasteiger partial charge is 0.298 e. The summed E-state index contributed by atoms with van der Waals surface area (Å²) in [5, 5.41) is 24.3. The van der Waals surface area contributed by atoms with Gasteiger partial charge in [-0.1, -0.05) is 42.5 Å². The summed E-state index contributed by atoms with van der Waals surface area (Å²) in [4.78, 5) is 12.1. The van der Waals surface area contributed by atoms with Crippen molar-refractivity contribution in [2.45, 2.75) is 17.9 Å². The summed E-state index contributed by atoms with van der Waals surface area (Å²) in [5.74, 6) is -1.05. The Labute approximate surface area is 171 Å². The Balaban J connectivity index is 1.74. The summed E-state index contributed by atoms with van der Waals surface area (Å²) in [7, 11) is -4.67. The number of benzene rings is 3. The molecule has 3 aromatic rings. The van der Waals surface area contributed by atoms with Gasteiger partial charge in [-0.05, 0) is 19.1 Å². The summed E-state index contributed by atoms with van der Waals surface area (Å²) >= 11 is 0. The number of phenols is 1. The highest BCUT2D eigenvalue weighted by atomic mass is 32.2.